The molecule has 0 unspecified atom stereocenters. The van der Waals surface area contributed by atoms with Gasteiger partial charge in [-0.3, -0.25) is 25.7 Å². The minimum atomic E-state index is -0.231. The van der Waals surface area contributed by atoms with Gasteiger partial charge in [-0.15, -0.1) is 0 Å². The molecule has 0 saturated carbocycles. The molecular formula is C14H13N7O. The van der Waals surface area contributed by atoms with Crippen LogP contribution in [0.4, 0.5) is 5.69 Å². The van der Waals surface area contributed by atoms with Crippen LogP contribution < -0.4 is 10.9 Å². The van der Waals surface area contributed by atoms with Crippen molar-refractivity contribution in [2.45, 2.75) is 6.42 Å². The second kappa shape index (κ2) is 6.44. The number of benzene rings is 1. The average molecular weight is 295 g/mol. The number of hydrogen-bond donors (Lipinski definition) is 3. The number of nitrogens with zero attached hydrogens (tertiary/aromatic N) is 4. The maximum Gasteiger partial charge on any atom is 0.245 e. The van der Waals surface area contributed by atoms with Gasteiger partial charge in [-0.05, 0) is 12.1 Å². The highest BCUT2D eigenvalue weighted by Gasteiger charge is 2.10. The van der Waals surface area contributed by atoms with Gasteiger partial charge in [0.1, 0.15) is 11.5 Å². The van der Waals surface area contributed by atoms with E-state index in [-0.39, 0.29) is 12.3 Å². The number of para-hydroxylation sites is 1. The number of anilines is 1. The summed E-state index contributed by atoms with van der Waals surface area (Å²) in [5.74, 6) is 0.630. The molecule has 0 radical (unpaired) electrons. The number of carbonyl (C=O) groups is 1. The molecule has 8 heteroatoms. The number of aromatic amines is 1. The van der Waals surface area contributed by atoms with Crippen molar-refractivity contribution in [3.63, 3.8) is 0 Å². The van der Waals surface area contributed by atoms with E-state index in [1.165, 1.54) is 0 Å². The van der Waals surface area contributed by atoms with Crippen molar-refractivity contribution in [2.24, 2.45) is 0 Å². The fourth-order valence-electron chi connectivity index (χ4n) is 1.76. The number of amides is 1. The summed E-state index contributed by atoms with van der Waals surface area (Å²) in [6.45, 7) is 0. The Morgan fingerprint density at radius 2 is 2.05 bits per heavy atom. The van der Waals surface area contributed by atoms with E-state index in [9.17, 15) is 4.79 Å². The number of nitrogens with one attached hydrogen (secondary N) is 3. The number of carbonyl (C=O) groups excluding carboxylic acids is 1. The Kier molecular flexibility index (Phi) is 4.01. The molecule has 2 heterocycles. The predicted molar refractivity (Wildman–Crippen MR) is 79.3 cm³/mol. The Bertz CT molecular complexity index is 742. The Morgan fingerprint density at radius 3 is 2.82 bits per heavy atom. The summed E-state index contributed by atoms with van der Waals surface area (Å²) >= 11 is 0. The fourth-order valence-corrected chi connectivity index (χ4v) is 1.76. The summed E-state index contributed by atoms with van der Waals surface area (Å²) in [5.41, 5.74) is 6.76. The van der Waals surface area contributed by atoms with Crippen molar-refractivity contribution in [2.75, 3.05) is 5.43 Å². The zero-order valence-corrected chi connectivity index (χ0v) is 11.5. The molecule has 1 amide bonds. The number of rotatable bonds is 5. The first-order valence-electron chi connectivity index (χ1n) is 6.59. The van der Waals surface area contributed by atoms with Crippen molar-refractivity contribution in [1.82, 2.24) is 30.6 Å². The SMILES string of the molecule is O=C(Cc1nc(-c2cnccn2)n[nH]1)NNc1ccccc1. The van der Waals surface area contributed by atoms with Gasteiger partial charge in [0, 0.05) is 12.4 Å². The van der Waals surface area contributed by atoms with E-state index in [2.05, 4.69) is 36.0 Å². The molecule has 3 aromatic rings. The van der Waals surface area contributed by atoms with Gasteiger partial charge in [-0.25, -0.2) is 9.97 Å². The van der Waals surface area contributed by atoms with Crippen molar-refractivity contribution in [3.05, 3.63) is 54.7 Å². The molecular weight excluding hydrogens is 282 g/mol. The Balaban J connectivity index is 1.57. The van der Waals surface area contributed by atoms with Crippen LogP contribution in [0.15, 0.2) is 48.9 Å². The van der Waals surface area contributed by atoms with Crippen LogP contribution in [0.25, 0.3) is 11.5 Å². The largest absolute Gasteiger partial charge is 0.299 e. The molecule has 0 aliphatic heterocycles. The summed E-state index contributed by atoms with van der Waals surface area (Å²) < 4.78 is 0. The molecule has 2 aromatic heterocycles. The molecule has 110 valence electrons. The van der Waals surface area contributed by atoms with Gasteiger partial charge < -0.3 is 0 Å². The van der Waals surface area contributed by atoms with Crippen LogP contribution in [0.2, 0.25) is 0 Å². The van der Waals surface area contributed by atoms with Gasteiger partial charge in [-0.1, -0.05) is 18.2 Å². The normalized spacial score (nSPS) is 10.2. The summed E-state index contributed by atoms with van der Waals surface area (Å²) in [4.78, 5) is 24.1. The molecule has 3 N–H and O–H groups in total. The molecule has 0 atom stereocenters. The maximum absolute atomic E-state index is 11.8. The Labute approximate surface area is 126 Å². The van der Waals surface area contributed by atoms with Crippen LogP contribution in [-0.2, 0) is 11.2 Å². The third-order valence-electron chi connectivity index (χ3n) is 2.77. The molecule has 1 aromatic carbocycles. The topological polar surface area (TPSA) is 108 Å². The van der Waals surface area contributed by atoms with Gasteiger partial charge in [-0.2, -0.15) is 5.10 Å². The Morgan fingerprint density at radius 1 is 1.18 bits per heavy atom. The molecule has 8 nitrogen and oxygen atoms in total. The quantitative estimate of drug-likeness (QED) is 0.605. The predicted octanol–water partition coefficient (Wildman–Crippen LogP) is 0.947. The van der Waals surface area contributed by atoms with Gasteiger partial charge in [0.15, 0.2) is 0 Å². The molecule has 0 aliphatic rings. The van der Waals surface area contributed by atoms with E-state index in [1.54, 1.807) is 18.6 Å². The first-order chi connectivity index (χ1) is 10.8. The van der Waals surface area contributed by atoms with Crippen LogP contribution in [0.1, 0.15) is 5.82 Å². The highest BCUT2D eigenvalue weighted by molar-refractivity contribution is 5.79. The molecule has 3 rings (SSSR count). The zero-order valence-electron chi connectivity index (χ0n) is 11.5. The van der Waals surface area contributed by atoms with E-state index in [0.29, 0.717) is 17.3 Å². The number of aromatic nitrogens is 5. The first-order valence-corrected chi connectivity index (χ1v) is 6.59. The van der Waals surface area contributed by atoms with Crippen LogP contribution in [0, 0.1) is 0 Å². The van der Waals surface area contributed by atoms with Crippen molar-refractivity contribution in [1.29, 1.82) is 0 Å². The second-order valence-corrected chi connectivity index (χ2v) is 4.41. The summed E-state index contributed by atoms with van der Waals surface area (Å²) in [7, 11) is 0. The highest BCUT2D eigenvalue weighted by atomic mass is 16.2. The highest BCUT2D eigenvalue weighted by Crippen LogP contribution is 2.09. The van der Waals surface area contributed by atoms with Crippen LogP contribution >= 0.6 is 0 Å². The lowest BCUT2D eigenvalue weighted by Gasteiger charge is -2.06. The van der Waals surface area contributed by atoms with Crippen LogP contribution in [0.3, 0.4) is 0 Å². The van der Waals surface area contributed by atoms with E-state index < -0.39 is 0 Å². The average Bonchev–Trinajstić information content (AvgIpc) is 3.03. The zero-order chi connectivity index (χ0) is 15.2. The molecule has 0 saturated heterocycles. The lowest BCUT2D eigenvalue weighted by molar-refractivity contribution is -0.120. The van der Waals surface area contributed by atoms with Gasteiger partial charge in [0.2, 0.25) is 11.7 Å². The van der Waals surface area contributed by atoms with Gasteiger partial charge >= 0.3 is 0 Å². The summed E-state index contributed by atoms with van der Waals surface area (Å²) in [6, 6.07) is 9.34. The van der Waals surface area contributed by atoms with Crippen molar-refractivity contribution < 1.29 is 4.79 Å². The lowest BCUT2D eigenvalue weighted by Crippen LogP contribution is -2.30. The summed E-state index contributed by atoms with van der Waals surface area (Å²) in [6.07, 6.45) is 4.76. The molecule has 22 heavy (non-hydrogen) atoms. The molecule has 0 bridgehead atoms. The molecule has 0 fully saturated rings. The van der Waals surface area contributed by atoms with Crippen molar-refractivity contribution in [3.8, 4) is 11.5 Å². The monoisotopic (exact) mass is 295 g/mol. The smallest absolute Gasteiger partial charge is 0.245 e. The minimum Gasteiger partial charge on any atom is -0.299 e. The fraction of sp³-hybridized carbons (Fsp3) is 0.0714. The Hall–Kier alpha value is -3.29. The van der Waals surface area contributed by atoms with Crippen LogP contribution in [-0.4, -0.2) is 31.1 Å². The maximum atomic E-state index is 11.8. The second-order valence-electron chi connectivity index (χ2n) is 4.41. The number of H-pyrrole nitrogens is 1. The third kappa shape index (κ3) is 3.42. The first kappa shape index (κ1) is 13.7. The molecule has 0 aliphatic carbocycles. The minimum absolute atomic E-state index is 0.0765. The van der Waals surface area contributed by atoms with E-state index in [1.807, 2.05) is 30.3 Å². The van der Waals surface area contributed by atoms with E-state index in [0.717, 1.165) is 5.69 Å². The summed E-state index contributed by atoms with van der Waals surface area (Å²) in [5, 5.41) is 6.73. The standard InChI is InChI=1S/C14H13N7O/c22-13(20-18-10-4-2-1-3-5-10)8-12-17-14(21-19-12)11-9-15-6-7-16-11/h1-7,9,18H,8H2,(H,20,22)(H,17,19,21). The number of hydrazine groups is 1. The van der Waals surface area contributed by atoms with Crippen LogP contribution in [0.5, 0.6) is 0 Å². The third-order valence-corrected chi connectivity index (χ3v) is 2.77. The number of hydrogen-bond acceptors (Lipinski definition) is 6. The van der Waals surface area contributed by atoms with Crippen molar-refractivity contribution >= 4 is 11.6 Å². The lowest BCUT2D eigenvalue weighted by atomic mass is 10.3. The van der Waals surface area contributed by atoms with E-state index in [4.69, 9.17) is 0 Å². The molecule has 0 spiro atoms. The van der Waals surface area contributed by atoms with Gasteiger partial charge in [0.05, 0.1) is 18.3 Å². The van der Waals surface area contributed by atoms with Gasteiger partial charge in [0.25, 0.3) is 0 Å². The van der Waals surface area contributed by atoms with E-state index >= 15 is 0 Å².